The molecule has 1 unspecified atom stereocenters. The third-order valence-electron chi connectivity index (χ3n) is 1.51. The number of rotatable bonds is 7. The Morgan fingerprint density at radius 2 is 1.88 bits per heavy atom. The molecule has 0 aromatic carbocycles. The van der Waals surface area contributed by atoms with Crippen LogP contribution in [0.2, 0.25) is 0 Å². The summed E-state index contributed by atoms with van der Waals surface area (Å²) in [5, 5.41) is 0. The highest BCUT2D eigenvalue weighted by atomic mass is 31.2. The molecule has 0 bridgehead atoms. The maximum absolute atomic E-state index is 12.0. The lowest BCUT2D eigenvalue weighted by Crippen LogP contribution is -2.16. The van der Waals surface area contributed by atoms with Gasteiger partial charge < -0.3 is 9.26 Å². The van der Waals surface area contributed by atoms with Crippen LogP contribution in [0.1, 0.15) is 13.8 Å². The molecule has 0 amide bonds. The van der Waals surface area contributed by atoms with E-state index in [1.165, 1.54) is 18.8 Å². The summed E-state index contributed by atoms with van der Waals surface area (Å²) in [6, 6.07) is 0. The smallest absolute Gasteiger partial charge is 0.460 e. The normalized spacial score (nSPS) is 14.3. The molecule has 0 heterocycles. The standard InChI is InChI=1S/C9H18NO5P/c1-6-13-9(11)8(3)15-16(12,10(4)5)14-7-2/h3,6-7H2,1-2,4-5H3. The minimum Gasteiger partial charge on any atom is -0.460 e. The first-order valence-electron chi connectivity index (χ1n) is 4.85. The van der Waals surface area contributed by atoms with Crippen molar-refractivity contribution in [3.05, 3.63) is 12.3 Å². The zero-order valence-corrected chi connectivity index (χ0v) is 11.0. The Kier molecular flexibility index (Phi) is 6.33. The van der Waals surface area contributed by atoms with Crippen molar-refractivity contribution < 1.29 is 23.1 Å². The average Bonchev–Trinajstić information content (AvgIpc) is 2.18. The van der Waals surface area contributed by atoms with Crippen molar-refractivity contribution in [3.63, 3.8) is 0 Å². The Balaban J connectivity index is 4.59. The summed E-state index contributed by atoms with van der Waals surface area (Å²) in [4.78, 5) is 11.2. The van der Waals surface area contributed by atoms with Crippen molar-refractivity contribution in [2.24, 2.45) is 0 Å². The van der Waals surface area contributed by atoms with Crippen molar-refractivity contribution in [2.75, 3.05) is 27.3 Å². The van der Waals surface area contributed by atoms with E-state index >= 15 is 0 Å². The number of carbonyl (C=O) groups excluding carboxylic acids is 1. The molecule has 0 rings (SSSR count). The zero-order chi connectivity index (χ0) is 12.8. The number of nitrogens with zero attached hydrogens (tertiary/aromatic N) is 1. The van der Waals surface area contributed by atoms with Gasteiger partial charge in [-0.25, -0.2) is 14.0 Å². The monoisotopic (exact) mass is 251 g/mol. The molecule has 0 spiro atoms. The van der Waals surface area contributed by atoms with Gasteiger partial charge >= 0.3 is 13.7 Å². The quantitative estimate of drug-likeness (QED) is 0.297. The molecule has 0 aromatic heterocycles. The second kappa shape index (κ2) is 6.68. The number of carbonyl (C=O) groups is 1. The van der Waals surface area contributed by atoms with E-state index < -0.39 is 13.7 Å². The molecule has 0 aromatic rings. The van der Waals surface area contributed by atoms with Crippen molar-refractivity contribution in [3.8, 4) is 0 Å². The summed E-state index contributed by atoms with van der Waals surface area (Å²) in [7, 11) is -0.447. The number of hydrogen-bond acceptors (Lipinski definition) is 5. The molecule has 0 N–H and O–H groups in total. The number of ether oxygens (including phenoxy) is 1. The van der Waals surface area contributed by atoms with E-state index in [4.69, 9.17) is 9.05 Å². The Labute approximate surface area is 95.8 Å². The lowest BCUT2D eigenvalue weighted by atomic mass is 10.6. The van der Waals surface area contributed by atoms with Gasteiger partial charge in [-0.2, -0.15) is 0 Å². The lowest BCUT2D eigenvalue weighted by Gasteiger charge is -2.23. The highest BCUT2D eigenvalue weighted by Crippen LogP contribution is 2.51. The molecule has 0 fully saturated rings. The second-order valence-corrected chi connectivity index (χ2v) is 5.15. The van der Waals surface area contributed by atoms with Crippen LogP contribution < -0.4 is 0 Å². The predicted octanol–water partition coefficient (Wildman–Crippen LogP) is 1.79. The van der Waals surface area contributed by atoms with E-state index in [-0.39, 0.29) is 19.0 Å². The molecule has 0 radical (unpaired) electrons. The maximum atomic E-state index is 12.0. The van der Waals surface area contributed by atoms with Crippen LogP contribution in [0.4, 0.5) is 0 Å². The largest absolute Gasteiger partial charge is 0.461 e. The van der Waals surface area contributed by atoms with Crippen LogP contribution in [0.5, 0.6) is 0 Å². The highest BCUT2D eigenvalue weighted by molar-refractivity contribution is 7.51. The minimum absolute atomic E-state index is 0.197. The van der Waals surface area contributed by atoms with Gasteiger partial charge in [0.05, 0.1) is 13.2 Å². The topological polar surface area (TPSA) is 65.1 Å². The molecule has 7 heteroatoms. The molecule has 0 aliphatic heterocycles. The maximum Gasteiger partial charge on any atom is 0.461 e. The fourth-order valence-electron chi connectivity index (χ4n) is 0.775. The van der Waals surface area contributed by atoms with E-state index in [2.05, 4.69) is 11.3 Å². The summed E-state index contributed by atoms with van der Waals surface area (Å²) < 4.78 is 27.9. The summed E-state index contributed by atoms with van der Waals surface area (Å²) in [5.74, 6) is -1.07. The second-order valence-electron chi connectivity index (χ2n) is 2.97. The van der Waals surface area contributed by atoms with Crippen LogP contribution in [-0.4, -0.2) is 37.9 Å². The van der Waals surface area contributed by atoms with Gasteiger partial charge in [0.15, 0.2) is 0 Å². The molecule has 16 heavy (non-hydrogen) atoms. The fraction of sp³-hybridized carbons (Fsp3) is 0.667. The van der Waals surface area contributed by atoms with E-state index in [9.17, 15) is 9.36 Å². The first-order chi connectivity index (χ1) is 7.37. The Hall–Kier alpha value is -0.840. The van der Waals surface area contributed by atoms with Gasteiger partial charge in [-0.05, 0) is 34.5 Å². The molecule has 0 aliphatic rings. The van der Waals surface area contributed by atoms with Gasteiger partial charge in [-0.15, -0.1) is 0 Å². The number of hydrogen-bond donors (Lipinski definition) is 0. The third kappa shape index (κ3) is 4.35. The molecule has 6 nitrogen and oxygen atoms in total. The molecule has 0 saturated carbocycles. The highest BCUT2D eigenvalue weighted by Gasteiger charge is 2.31. The van der Waals surface area contributed by atoms with Gasteiger partial charge in [0.25, 0.3) is 0 Å². The van der Waals surface area contributed by atoms with Crippen molar-refractivity contribution in [1.82, 2.24) is 4.67 Å². The van der Waals surface area contributed by atoms with Crippen LogP contribution in [0.3, 0.4) is 0 Å². The fourth-order valence-corrected chi connectivity index (χ4v) is 1.90. The molecule has 94 valence electrons. The number of esters is 1. The minimum atomic E-state index is -3.49. The predicted molar refractivity (Wildman–Crippen MR) is 59.8 cm³/mol. The molecule has 0 saturated heterocycles. The van der Waals surface area contributed by atoms with E-state index in [0.29, 0.717) is 0 Å². The molecular formula is C9H18NO5P. The first kappa shape index (κ1) is 15.2. The first-order valence-corrected chi connectivity index (χ1v) is 6.35. The van der Waals surface area contributed by atoms with Crippen LogP contribution in [0, 0.1) is 0 Å². The van der Waals surface area contributed by atoms with Crippen LogP contribution in [-0.2, 0) is 23.1 Å². The molecule has 1 atom stereocenters. The summed E-state index contributed by atoms with van der Waals surface area (Å²) in [6.07, 6.45) is 0. The van der Waals surface area contributed by atoms with Crippen LogP contribution in [0.25, 0.3) is 0 Å². The summed E-state index contributed by atoms with van der Waals surface area (Å²) in [5.41, 5.74) is 0. The lowest BCUT2D eigenvalue weighted by molar-refractivity contribution is -0.141. The van der Waals surface area contributed by atoms with Crippen molar-refractivity contribution >= 4 is 13.7 Å². The van der Waals surface area contributed by atoms with E-state index in [1.54, 1.807) is 13.8 Å². The van der Waals surface area contributed by atoms with E-state index in [1.807, 2.05) is 0 Å². The third-order valence-corrected chi connectivity index (χ3v) is 3.53. The zero-order valence-electron chi connectivity index (χ0n) is 10.1. The van der Waals surface area contributed by atoms with Crippen molar-refractivity contribution in [2.45, 2.75) is 13.8 Å². The molecule has 0 aliphatic carbocycles. The van der Waals surface area contributed by atoms with Crippen LogP contribution in [0.15, 0.2) is 12.3 Å². The Morgan fingerprint density at radius 1 is 1.31 bits per heavy atom. The Bertz CT molecular complexity index is 302. The van der Waals surface area contributed by atoms with Gasteiger partial charge in [-0.1, -0.05) is 0 Å². The van der Waals surface area contributed by atoms with Crippen LogP contribution >= 0.6 is 7.75 Å². The van der Waals surface area contributed by atoms with Gasteiger partial charge in [0.1, 0.15) is 0 Å². The van der Waals surface area contributed by atoms with Gasteiger partial charge in [0, 0.05) is 0 Å². The van der Waals surface area contributed by atoms with Gasteiger partial charge in [0.2, 0.25) is 5.76 Å². The van der Waals surface area contributed by atoms with Gasteiger partial charge in [-0.3, -0.25) is 4.52 Å². The van der Waals surface area contributed by atoms with E-state index in [0.717, 1.165) is 0 Å². The molecular weight excluding hydrogens is 233 g/mol. The van der Waals surface area contributed by atoms with Crippen molar-refractivity contribution in [1.29, 1.82) is 0 Å². The Morgan fingerprint density at radius 3 is 2.25 bits per heavy atom. The average molecular weight is 251 g/mol. The summed E-state index contributed by atoms with van der Waals surface area (Å²) in [6.45, 7) is 7.07. The SMILES string of the molecule is C=C(OP(=O)(OCC)N(C)C)C(=O)OCC. The summed E-state index contributed by atoms with van der Waals surface area (Å²) >= 11 is 0.